The van der Waals surface area contributed by atoms with Crippen LogP contribution >= 0.6 is 0 Å². The molecule has 196 valence electrons. The Labute approximate surface area is 217 Å². The zero-order valence-corrected chi connectivity index (χ0v) is 22.4. The standard InChI is InChI=1S/C28H31F2N3O3S/c1-28(2,3)21-9-6-18(7-10-21)12-27(34)33-16-19-8-11-22(13-20(19)17-33)37(35,36)31-25-15-26(32(4)5)24(30)14-23(25)29/h6-11,13-15,31H,12,16-17H2,1-5H3. The van der Waals surface area contributed by atoms with Crippen molar-refractivity contribution in [2.75, 3.05) is 23.7 Å². The van der Waals surface area contributed by atoms with Crippen LogP contribution in [-0.4, -0.2) is 33.3 Å². The van der Waals surface area contributed by atoms with Crippen molar-refractivity contribution in [2.24, 2.45) is 0 Å². The Balaban J connectivity index is 1.48. The van der Waals surface area contributed by atoms with Gasteiger partial charge in [0.1, 0.15) is 11.6 Å². The van der Waals surface area contributed by atoms with Crippen LogP contribution in [0, 0.1) is 11.6 Å². The fraction of sp³-hybridized carbons (Fsp3) is 0.321. The summed E-state index contributed by atoms with van der Waals surface area (Å²) in [7, 11) is -1.00. The van der Waals surface area contributed by atoms with E-state index in [9.17, 15) is 22.0 Å². The molecular weight excluding hydrogens is 496 g/mol. The van der Waals surface area contributed by atoms with Gasteiger partial charge in [-0.15, -0.1) is 0 Å². The number of carbonyl (C=O) groups excluding carboxylic acids is 1. The molecule has 0 aliphatic carbocycles. The van der Waals surface area contributed by atoms with Gasteiger partial charge < -0.3 is 9.80 Å². The smallest absolute Gasteiger partial charge is 0.261 e. The van der Waals surface area contributed by atoms with Crippen molar-refractivity contribution in [3.05, 3.63) is 88.5 Å². The third-order valence-corrected chi connectivity index (χ3v) is 7.86. The maximum atomic E-state index is 14.3. The normalized spacial score (nSPS) is 13.4. The van der Waals surface area contributed by atoms with Gasteiger partial charge in [-0.1, -0.05) is 51.1 Å². The van der Waals surface area contributed by atoms with Gasteiger partial charge in [0.25, 0.3) is 10.0 Å². The second kappa shape index (κ2) is 9.78. The summed E-state index contributed by atoms with van der Waals surface area (Å²) >= 11 is 0. The van der Waals surface area contributed by atoms with E-state index in [0.717, 1.165) is 17.2 Å². The van der Waals surface area contributed by atoms with E-state index in [2.05, 4.69) is 25.5 Å². The molecule has 0 unspecified atom stereocenters. The molecular formula is C28H31F2N3O3S. The van der Waals surface area contributed by atoms with Crippen molar-refractivity contribution in [3.63, 3.8) is 0 Å². The molecule has 1 aliphatic rings. The number of nitrogens with zero attached hydrogens (tertiary/aromatic N) is 2. The second-order valence-corrected chi connectivity index (χ2v) is 12.3. The first kappa shape index (κ1) is 26.6. The van der Waals surface area contributed by atoms with Crippen LogP contribution in [0.3, 0.4) is 0 Å². The molecule has 0 atom stereocenters. The molecule has 0 spiro atoms. The number of fused-ring (bicyclic) bond motifs is 1. The molecule has 0 fully saturated rings. The molecule has 1 N–H and O–H groups in total. The first-order valence-corrected chi connectivity index (χ1v) is 13.4. The van der Waals surface area contributed by atoms with Crippen molar-refractivity contribution in [3.8, 4) is 0 Å². The van der Waals surface area contributed by atoms with Gasteiger partial charge in [-0.25, -0.2) is 17.2 Å². The molecule has 3 aromatic rings. The predicted octanol–water partition coefficient (Wildman–Crippen LogP) is 5.21. The summed E-state index contributed by atoms with van der Waals surface area (Å²) in [6, 6.07) is 14.4. The first-order valence-electron chi connectivity index (χ1n) is 11.9. The van der Waals surface area contributed by atoms with Crippen LogP contribution in [0.1, 0.15) is 43.0 Å². The number of sulfonamides is 1. The Morgan fingerprint density at radius 2 is 1.59 bits per heavy atom. The van der Waals surface area contributed by atoms with E-state index in [1.165, 1.54) is 22.6 Å². The summed E-state index contributed by atoms with van der Waals surface area (Å²) in [4.78, 5) is 16.0. The van der Waals surface area contributed by atoms with E-state index in [1.54, 1.807) is 25.1 Å². The summed E-state index contributed by atoms with van der Waals surface area (Å²) < 4.78 is 56.6. The minimum atomic E-state index is -4.15. The third kappa shape index (κ3) is 5.77. The number of benzene rings is 3. The first-order chi connectivity index (χ1) is 17.2. The van der Waals surface area contributed by atoms with Gasteiger partial charge >= 0.3 is 0 Å². The third-order valence-electron chi connectivity index (χ3n) is 6.50. The Hall–Kier alpha value is -3.46. The van der Waals surface area contributed by atoms with E-state index < -0.39 is 21.7 Å². The minimum Gasteiger partial charge on any atom is -0.375 e. The predicted molar refractivity (Wildman–Crippen MR) is 141 cm³/mol. The summed E-state index contributed by atoms with van der Waals surface area (Å²) in [6.45, 7) is 7.08. The number of hydrogen-bond donors (Lipinski definition) is 1. The summed E-state index contributed by atoms with van der Waals surface area (Å²) in [5.41, 5.74) is 3.42. The molecule has 1 aliphatic heterocycles. The number of carbonyl (C=O) groups is 1. The van der Waals surface area contributed by atoms with Crippen LogP contribution in [0.2, 0.25) is 0 Å². The Morgan fingerprint density at radius 1 is 0.946 bits per heavy atom. The molecule has 6 nitrogen and oxygen atoms in total. The van der Waals surface area contributed by atoms with Gasteiger partial charge in [0.2, 0.25) is 5.91 Å². The van der Waals surface area contributed by atoms with Gasteiger partial charge in [0, 0.05) is 33.3 Å². The molecule has 9 heteroatoms. The lowest BCUT2D eigenvalue weighted by Gasteiger charge is -2.19. The van der Waals surface area contributed by atoms with Gasteiger partial charge in [0.15, 0.2) is 0 Å². The number of rotatable bonds is 6. The zero-order valence-electron chi connectivity index (χ0n) is 21.6. The van der Waals surface area contributed by atoms with Crippen LogP contribution in [0.5, 0.6) is 0 Å². The van der Waals surface area contributed by atoms with Crippen LogP contribution in [0.4, 0.5) is 20.2 Å². The topological polar surface area (TPSA) is 69.7 Å². The van der Waals surface area contributed by atoms with Crippen molar-refractivity contribution in [1.82, 2.24) is 4.90 Å². The number of anilines is 2. The molecule has 0 radical (unpaired) electrons. The molecule has 0 saturated carbocycles. The fourth-order valence-corrected chi connectivity index (χ4v) is 5.39. The van der Waals surface area contributed by atoms with Crippen LogP contribution in [0.25, 0.3) is 0 Å². The van der Waals surface area contributed by atoms with Crippen molar-refractivity contribution >= 4 is 27.3 Å². The highest BCUT2D eigenvalue weighted by atomic mass is 32.2. The Kier molecular flexibility index (Phi) is 7.03. The van der Waals surface area contributed by atoms with E-state index in [4.69, 9.17) is 0 Å². The number of amides is 1. The van der Waals surface area contributed by atoms with Gasteiger partial charge in [-0.3, -0.25) is 9.52 Å². The molecule has 0 aromatic heterocycles. The Morgan fingerprint density at radius 3 is 2.22 bits per heavy atom. The van der Waals surface area contributed by atoms with Crippen molar-refractivity contribution in [1.29, 1.82) is 0 Å². The molecule has 1 heterocycles. The maximum absolute atomic E-state index is 14.3. The molecule has 4 rings (SSSR count). The molecule has 0 saturated heterocycles. The number of halogens is 2. The van der Waals surface area contributed by atoms with E-state index in [0.29, 0.717) is 18.2 Å². The Bertz CT molecular complexity index is 1450. The highest BCUT2D eigenvalue weighted by Gasteiger charge is 2.26. The average Bonchev–Trinajstić information content (AvgIpc) is 3.24. The monoisotopic (exact) mass is 527 g/mol. The minimum absolute atomic E-state index is 0.0309. The fourth-order valence-electron chi connectivity index (χ4n) is 4.29. The zero-order chi connectivity index (χ0) is 27.1. The quantitative estimate of drug-likeness (QED) is 0.478. The molecule has 0 bridgehead atoms. The van der Waals surface area contributed by atoms with Crippen molar-refractivity contribution < 1.29 is 22.0 Å². The molecule has 37 heavy (non-hydrogen) atoms. The second-order valence-electron chi connectivity index (χ2n) is 10.6. The van der Waals surface area contributed by atoms with Crippen molar-refractivity contribution in [2.45, 2.75) is 50.6 Å². The van der Waals surface area contributed by atoms with E-state index >= 15 is 0 Å². The van der Waals surface area contributed by atoms with Gasteiger partial charge in [0.05, 0.1) is 22.7 Å². The molecule has 3 aromatic carbocycles. The SMILES string of the molecule is CN(C)c1cc(NS(=O)(=O)c2ccc3c(c2)CN(C(=O)Cc2ccc(C(C)(C)C)cc2)C3)c(F)cc1F. The highest BCUT2D eigenvalue weighted by Crippen LogP contribution is 2.30. The van der Waals surface area contributed by atoms with Gasteiger partial charge in [-0.05, 0) is 45.9 Å². The van der Waals surface area contributed by atoms with Crippen LogP contribution in [0.15, 0.2) is 59.5 Å². The lowest BCUT2D eigenvalue weighted by Crippen LogP contribution is -2.26. The van der Waals surface area contributed by atoms with Gasteiger partial charge in [-0.2, -0.15) is 0 Å². The lowest BCUT2D eigenvalue weighted by molar-refractivity contribution is -0.131. The van der Waals surface area contributed by atoms with E-state index in [-0.39, 0.29) is 40.6 Å². The summed E-state index contributed by atoms with van der Waals surface area (Å²) in [5, 5.41) is 0. The lowest BCUT2D eigenvalue weighted by atomic mass is 9.86. The maximum Gasteiger partial charge on any atom is 0.261 e. The van der Waals surface area contributed by atoms with E-state index in [1.807, 2.05) is 24.3 Å². The highest BCUT2D eigenvalue weighted by molar-refractivity contribution is 7.92. The largest absolute Gasteiger partial charge is 0.375 e. The number of nitrogens with one attached hydrogen (secondary N) is 1. The summed E-state index contributed by atoms with van der Waals surface area (Å²) in [6.07, 6.45) is 0.253. The van der Waals surface area contributed by atoms with Crippen LogP contribution in [-0.2, 0) is 39.7 Å². The average molecular weight is 528 g/mol. The summed E-state index contributed by atoms with van der Waals surface area (Å²) in [5.74, 6) is -1.86. The molecule has 1 amide bonds. The van der Waals surface area contributed by atoms with Crippen LogP contribution < -0.4 is 9.62 Å². The number of hydrogen-bond acceptors (Lipinski definition) is 4.